The summed E-state index contributed by atoms with van der Waals surface area (Å²) in [7, 11) is 1.46. The van der Waals surface area contributed by atoms with Crippen LogP contribution in [0.2, 0.25) is 0 Å². The van der Waals surface area contributed by atoms with Crippen molar-refractivity contribution in [3.8, 4) is 0 Å². The summed E-state index contributed by atoms with van der Waals surface area (Å²) in [5, 5.41) is 0. The third kappa shape index (κ3) is 1.93. The van der Waals surface area contributed by atoms with Crippen LogP contribution in [0.1, 0.15) is 26.2 Å². The highest BCUT2D eigenvalue weighted by molar-refractivity contribution is 5.74. The van der Waals surface area contributed by atoms with E-state index in [1.807, 2.05) is 6.92 Å². The molecule has 0 N–H and O–H groups in total. The molecular formula is C15H22O4. The normalized spacial score (nSPS) is 40.4. The monoisotopic (exact) mass is 266 g/mol. The number of hydrogen-bond donors (Lipinski definition) is 0. The summed E-state index contributed by atoms with van der Waals surface area (Å²) in [5.74, 6) is 0.253. The van der Waals surface area contributed by atoms with Crippen LogP contribution in [0.5, 0.6) is 0 Å². The standard InChI is InChI=1S/C15H22O4/c1-9-8-11(14(16)17-3)13-10(9)4-5-12(13)15(2)18-6-7-19-15/h10-13H,1,4-8H2,2-3H3/t10-,11-,12+,13-/m0/s1. The maximum Gasteiger partial charge on any atom is 0.309 e. The fourth-order valence-electron chi connectivity index (χ4n) is 4.38. The zero-order valence-electron chi connectivity index (χ0n) is 11.7. The minimum absolute atomic E-state index is 0.0698. The Labute approximate surface area is 114 Å². The number of allylic oxidation sites excluding steroid dienone is 1. The van der Waals surface area contributed by atoms with E-state index in [4.69, 9.17) is 14.2 Å². The van der Waals surface area contributed by atoms with E-state index in [0.29, 0.717) is 19.1 Å². The molecule has 106 valence electrons. The van der Waals surface area contributed by atoms with Crippen LogP contribution in [0.15, 0.2) is 12.2 Å². The molecule has 2 saturated carbocycles. The topological polar surface area (TPSA) is 44.8 Å². The van der Waals surface area contributed by atoms with Gasteiger partial charge in [0, 0.05) is 5.92 Å². The fraction of sp³-hybridized carbons (Fsp3) is 0.800. The second-order valence-electron chi connectivity index (χ2n) is 6.07. The molecule has 0 aromatic rings. The lowest BCUT2D eigenvalue weighted by atomic mass is 9.80. The van der Waals surface area contributed by atoms with Gasteiger partial charge in [0.15, 0.2) is 5.79 Å². The first kappa shape index (κ1) is 13.1. The number of ether oxygens (including phenoxy) is 3. The minimum Gasteiger partial charge on any atom is -0.469 e. The number of carbonyl (C=O) groups is 1. The van der Waals surface area contributed by atoms with Crippen LogP contribution in [0.4, 0.5) is 0 Å². The van der Waals surface area contributed by atoms with E-state index in [2.05, 4.69) is 6.58 Å². The predicted octanol–water partition coefficient (Wildman–Crippen LogP) is 2.14. The summed E-state index contributed by atoms with van der Waals surface area (Å²) < 4.78 is 16.6. The average molecular weight is 266 g/mol. The van der Waals surface area contributed by atoms with Crippen molar-refractivity contribution < 1.29 is 19.0 Å². The molecule has 0 unspecified atom stereocenters. The number of methoxy groups -OCH3 is 1. The van der Waals surface area contributed by atoms with E-state index in [0.717, 1.165) is 19.3 Å². The van der Waals surface area contributed by atoms with Gasteiger partial charge in [-0.1, -0.05) is 12.2 Å². The third-order valence-corrected chi connectivity index (χ3v) is 5.23. The number of rotatable bonds is 2. The first-order valence-corrected chi connectivity index (χ1v) is 7.10. The Balaban J connectivity index is 1.87. The summed E-state index contributed by atoms with van der Waals surface area (Å²) >= 11 is 0. The van der Waals surface area contributed by atoms with Crippen LogP contribution in [0.3, 0.4) is 0 Å². The molecule has 1 aliphatic heterocycles. The van der Waals surface area contributed by atoms with Gasteiger partial charge >= 0.3 is 5.97 Å². The van der Waals surface area contributed by atoms with E-state index in [9.17, 15) is 4.79 Å². The van der Waals surface area contributed by atoms with E-state index in [-0.39, 0.29) is 23.7 Å². The molecule has 2 aliphatic carbocycles. The number of esters is 1. The molecular weight excluding hydrogens is 244 g/mol. The molecule has 0 spiro atoms. The van der Waals surface area contributed by atoms with Gasteiger partial charge in [0.05, 0.1) is 26.2 Å². The predicted molar refractivity (Wildman–Crippen MR) is 69.3 cm³/mol. The molecule has 4 atom stereocenters. The van der Waals surface area contributed by atoms with Crippen LogP contribution in [-0.4, -0.2) is 32.1 Å². The molecule has 3 fully saturated rings. The first-order valence-electron chi connectivity index (χ1n) is 7.10. The van der Waals surface area contributed by atoms with Gasteiger partial charge < -0.3 is 14.2 Å². The Morgan fingerprint density at radius 2 is 2.05 bits per heavy atom. The zero-order valence-corrected chi connectivity index (χ0v) is 11.7. The third-order valence-electron chi connectivity index (χ3n) is 5.23. The van der Waals surface area contributed by atoms with Crippen molar-refractivity contribution in [3.05, 3.63) is 12.2 Å². The number of carbonyl (C=O) groups excluding carboxylic acids is 1. The second-order valence-corrected chi connectivity index (χ2v) is 6.07. The first-order chi connectivity index (χ1) is 9.07. The van der Waals surface area contributed by atoms with E-state index >= 15 is 0 Å². The summed E-state index contributed by atoms with van der Waals surface area (Å²) in [4.78, 5) is 12.0. The van der Waals surface area contributed by atoms with Crippen LogP contribution in [-0.2, 0) is 19.0 Å². The van der Waals surface area contributed by atoms with Crippen LogP contribution < -0.4 is 0 Å². The molecule has 19 heavy (non-hydrogen) atoms. The second kappa shape index (κ2) is 4.60. The Bertz CT molecular complexity index is 397. The highest BCUT2D eigenvalue weighted by atomic mass is 16.7. The van der Waals surface area contributed by atoms with E-state index in [1.165, 1.54) is 12.7 Å². The lowest BCUT2D eigenvalue weighted by molar-refractivity contribution is -0.195. The van der Waals surface area contributed by atoms with Gasteiger partial charge in [-0.2, -0.15) is 0 Å². The largest absolute Gasteiger partial charge is 0.469 e. The molecule has 0 bridgehead atoms. The van der Waals surface area contributed by atoms with Crippen LogP contribution >= 0.6 is 0 Å². The van der Waals surface area contributed by atoms with Gasteiger partial charge in [0.1, 0.15) is 0 Å². The average Bonchev–Trinajstić information content (AvgIpc) is 3.06. The lowest BCUT2D eigenvalue weighted by Gasteiger charge is -2.35. The molecule has 1 saturated heterocycles. The molecule has 4 heteroatoms. The highest BCUT2D eigenvalue weighted by Crippen LogP contribution is 2.57. The molecule has 3 rings (SSSR count). The van der Waals surface area contributed by atoms with Gasteiger partial charge in [-0.05, 0) is 38.0 Å². The van der Waals surface area contributed by atoms with Crippen molar-refractivity contribution in [1.82, 2.24) is 0 Å². The Morgan fingerprint density at radius 3 is 2.68 bits per heavy atom. The van der Waals surface area contributed by atoms with Crippen molar-refractivity contribution in [1.29, 1.82) is 0 Å². The lowest BCUT2D eigenvalue weighted by Crippen LogP contribution is -2.41. The van der Waals surface area contributed by atoms with Gasteiger partial charge in [0.2, 0.25) is 0 Å². The summed E-state index contributed by atoms with van der Waals surface area (Å²) in [6, 6.07) is 0. The van der Waals surface area contributed by atoms with Gasteiger partial charge in [-0.25, -0.2) is 0 Å². The van der Waals surface area contributed by atoms with Gasteiger partial charge in [-0.15, -0.1) is 0 Å². The SMILES string of the molecule is C=C1C[C@H](C(=O)OC)[C@H]2[C@H](C3(C)OCCO3)CC[C@@H]12. The van der Waals surface area contributed by atoms with Gasteiger partial charge in [-0.3, -0.25) is 4.79 Å². The number of hydrogen-bond acceptors (Lipinski definition) is 4. The van der Waals surface area contributed by atoms with Crippen molar-refractivity contribution >= 4 is 5.97 Å². The molecule has 0 amide bonds. The Hall–Kier alpha value is -0.870. The van der Waals surface area contributed by atoms with Crippen molar-refractivity contribution in [2.45, 2.75) is 32.0 Å². The van der Waals surface area contributed by atoms with Gasteiger partial charge in [0.25, 0.3) is 0 Å². The summed E-state index contributed by atoms with van der Waals surface area (Å²) in [6.07, 6.45) is 2.89. The Kier molecular flexibility index (Phi) is 3.18. The maximum absolute atomic E-state index is 12.0. The zero-order chi connectivity index (χ0) is 13.6. The van der Waals surface area contributed by atoms with Crippen LogP contribution in [0.25, 0.3) is 0 Å². The van der Waals surface area contributed by atoms with Crippen molar-refractivity contribution in [3.63, 3.8) is 0 Å². The maximum atomic E-state index is 12.0. The quantitative estimate of drug-likeness (QED) is 0.567. The molecule has 4 nitrogen and oxygen atoms in total. The molecule has 0 aromatic heterocycles. The van der Waals surface area contributed by atoms with Crippen molar-refractivity contribution in [2.75, 3.05) is 20.3 Å². The minimum atomic E-state index is -0.531. The summed E-state index contributed by atoms with van der Waals surface area (Å²) in [6.45, 7) is 7.47. The van der Waals surface area contributed by atoms with E-state index < -0.39 is 5.79 Å². The van der Waals surface area contributed by atoms with E-state index in [1.54, 1.807) is 0 Å². The van der Waals surface area contributed by atoms with Crippen molar-refractivity contribution in [2.24, 2.45) is 23.7 Å². The highest BCUT2D eigenvalue weighted by Gasteiger charge is 2.57. The fourth-order valence-corrected chi connectivity index (χ4v) is 4.38. The molecule has 1 heterocycles. The smallest absolute Gasteiger partial charge is 0.309 e. The molecule has 0 aromatic carbocycles. The number of fused-ring (bicyclic) bond motifs is 1. The summed E-state index contributed by atoms with van der Waals surface area (Å²) in [5.41, 5.74) is 1.20. The van der Waals surface area contributed by atoms with Crippen LogP contribution in [0, 0.1) is 23.7 Å². The Morgan fingerprint density at radius 1 is 1.37 bits per heavy atom. The molecule has 3 aliphatic rings. The molecule has 0 radical (unpaired) electrons.